The van der Waals surface area contributed by atoms with Gasteiger partial charge in [-0.1, -0.05) is 0 Å². The second-order valence-corrected chi connectivity index (χ2v) is 4.38. The van der Waals surface area contributed by atoms with Gasteiger partial charge in [-0.15, -0.1) is 0 Å². The number of aliphatic hydroxyl groups is 1. The van der Waals surface area contributed by atoms with E-state index >= 15 is 0 Å². The molecule has 0 saturated carbocycles. The van der Waals surface area contributed by atoms with Gasteiger partial charge in [0, 0.05) is 6.07 Å². The van der Waals surface area contributed by atoms with Gasteiger partial charge < -0.3 is 20.3 Å². The Balaban J connectivity index is 0. The van der Waals surface area contributed by atoms with E-state index in [1.165, 1.54) is 0 Å². The van der Waals surface area contributed by atoms with E-state index in [9.17, 15) is 8.42 Å². The number of anilines is 1. The quantitative estimate of drug-likeness (QED) is 0.457. The van der Waals surface area contributed by atoms with Gasteiger partial charge in [-0.25, -0.2) is 4.18 Å². The SMILES string of the molecule is COc1ccc(OC)c(N)c1.O=S(=O)(O)OCCO.O=S=O. The van der Waals surface area contributed by atoms with Crippen molar-refractivity contribution in [2.45, 2.75) is 0 Å². The first kappa shape index (κ1) is 22.5. The van der Waals surface area contributed by atoms with Crippen molar-refractivity contribution in [3.63, 3.8) is 0 Å². The number of ether oxygens (including phenoxy) is 2. The Labute approximate surface area is 131 Å². The number of nitrogen functional groups attached to an aromatic ring is 1. The summed E-state index contributed by atoms with van der Waals surface area (Å²) in [5.41, 5.74) is 6.19. The van der Waals surface area contributed by atoms with Crippen molar-refractivity contribution in [3.05, 3.63) is 18.2 Å². The summed E-state index contributed by atoms with van der Waals surface area (Å²) >= 11 is -0.750. The summed E-state index contributed by atoms with van der Waals surface area (Å²) in [4.78, 5) is 0. The first-order chi connectivity index (χ1) is 10.2. The monoisotopic (exact) mass is 359 g/mol. The summed E-state index contributed by atoms with van der Waals surface area (Å²) in [6.07, 6.45) is 0. The molecule has 0 radical (unpaired) electrons. The van der Waals surface area contributed by atoms with Crippen molar-refractivity contribution < 1.29 is 40.2 Å². The molecule has 0 unspecified atom stereocenters. The summed E-state index contributed by atoms with van der Waals surface area (Å²) in [6, 6.07) is 5.29. The molecule has 0 bridgehead atoms. The van der Waals surface area contributed by atoms with E-state index in [0.717, 1.165) is 5.75 Å². The molecule has 4 N–H and O–H groups in total. The van der Waals surface area contributed by atoms with Crippen LogP contribution in [0, 0.1) is 0 Å². The molecule has 0 atom stereocenters. The third kappa shape index (κ3) is 13.3. The van der Waals surface area contributed by atoms with E-state index < -0.39 is 35.2 Å². The first-order valence-electron chi connectivity index (χ1n) is 5.37. The van der Waals surface area contributed by atoms with Gasteiger partial charge in [0.25, 0.3) is 0 Å². The third-order valence-corrected chi connectivity index (χ3v) is 2.22. The number of hydrogen-bond donors (Lipinski definition) is 3. The Morgan fingerprint density at radius 2 is 1.77 bits per heavy atom. The Kier molecular flexibility index (Phi) is 13.3. The average molecular weight is 359 g/mol. The van der Waals surface area contributed by atoms with Crippen molar-refractivity contribution >= 4 is 27.7 Å². The molecule has 0 aliphatic heterocycles. The molecule has 128 valence electrons. The van der Waals surface area contributed by atoms with Crippen LogP contribution < -0.4 is 15.2 Å². The van der Waals surface area contributed by atoms with Gasteiger partial charge in [0.2, 0.25) is 0 Å². The fraction of sp³-hybridized carbons (Fsp3) is 0.400. The molecule has 0 aliphatic carbocycles. The Morgan fingerprint density at radius 1 is 1.23 bits per heavy atom. The predicted octanol–water partition coefficient (Wildman–Crippen LogP) is -0.586. The van der Waals surface area contributed by atoms with Gasteiger partial charge in [-0.05, 0) is 12.1 Å². The van der Waals surface area contributed by atoms with E-state index in [1.807, 2.05) is 0 Å². The lowest BCUT2D eigenvalue weighted by atomic mass is 10.3. The molecule has 0 fully saturated rings. The van der Waals surface area contributed by atoms with Crippen LogP contribution in [0.2, 0.25) is 0 Å². The highest BCUT2D eigenvalue weighted by Crippen LogP contribution is 2.25. The standard InChI is InChI=1S/C8H11NO2.C2H6O5S.O2S/c1-10-6-3-4-8(11-2)7(9)5-6;3-1-2-7-8(4,5)6;1-3-2/h3-5H,9H2,1-2H3;3H,1-2H2,(H,4,5,6);. The van der Waals surface area contributed by atoms with Crippen molar-refractivity contribution in [3.8, 4) is 11.5 Å². The highest BCUT2D eigenvalue weighted by molar-refractivity contribution is 7.80. The molecular formula is C10H17NO9S2. The zero-order valence-corrected chi connectivity index (χ0v) is 13.4. The van der Waals surface area contributed by atoms with Crippen molar-refractivity contribution in [2.24, 2.45) is 0 Å². The van der Waals surface area contributed by atoms with Crippen LogP contribution in [0.15, 0.2) is 18.2 Å². The second kappa shape index (κ2) is 13.0. The highest BCUT2D eigenvalue weighted by Gasteiger charge is 2.00. The fourth-order valence-corrected chi connectivity index (χ4v) is 1.27. The van der Waals surface area contributed by atoms with Crippen LogP contribution in [0.1, 0.15) is 0 Å². The van der Waals surface area contributed by atoms with Gasteiger partial charge >= 0.3 is 22.0 Å². The molecule has 1 rings (SSSR count). The van der Waals surface area contributed by atoms with E-state index in [2.05, 4.69) is 4.18 Å². The zero-order valence-electron chi connectivity index (χ0n) is 11.8. The Morgan fingerprint density at radius 3 is 2.05 bits per heavy atom. The molecule has 22 heavy (non-hydrogen) atoms. The van der Waals surface area contributed by atoms with Gasteiger partial charge in [0.15, 0.2) is 0 Å². The number of benzene rings is 1. The summed E-state index contributed by atoms with van der Waals surface area (Å²) in [6.45, 7) is -0.835. The van der Waals surface area contributed by atoms with Crippen LogP contribution in [0.3, 0.4) is 0 Å². The lowest BCUT2D eigenvalue weighted by Crippen LogP contribution is -2.06. The highest BCUT2D eigenvalue weighted by atomic mass is 32.3. The largest absolute Gasteiger partial charge is 0.497 e. The van der Waals surface area contributed by atoms with Gasteiger partial charge in [0.05, 0.1) is 33.1 Å². The minimum atomic E-state index is -4.35. The minimum absolute atomic E-state index is 0.404. The summed E-state index contributed by atoms with van der Waals surface area (Å²) < 4.78 is 57.2. The van der Waals surface area contributed by atoms with Crippen LogP contribution in [0.5, 0.6) is 11.5 Å². The molecule has 0 aliphatic rings. The second-order valence-electron chi connectivity index (χ2n) is 3.15. The maximum atomic E-state index is 9.61. The Bertz CT molecular complexity index is 556. The number of aliphatic hydroxyl groups excluding tert-OH is 1. The van der Waals surface area contributed by atoms with Crippen LogP contribution >= 0.6 is 0 Å². The van der Waals surface area contributed by atoms with Crippen molar-refractivity contribution in [2.75, 3.05) is 33.2 Å². The molecule has 1 aromatic rings. The minimum Gasteiger partial charge on any atom is -0.497 e. The van der Waals surface area contributed by atoms with Gasteiger partial charge in [0.1, 0.15) is 11.5 Å². The molecule has 0 heterocycles. The lowest BCUT2D eigenvalue weighted by Gasteiger charge is -2.05. The fourth-order valence-electron chi connectivity index (χ4n) is 0.982. The molecule has 12 heteroatoms. The van der Waals surface area contributed by atoms with Crippen LogP contribution in [0.4, 0.5) is 5.69 Å². The van der Waals surface area contributed by atoms with E-state index in [-0.39, 0.29) is 0 Å². The van der Waals surface area contributed by atoms with E-state index in [0.29, 0.717) is 11.4 Å². The molecular weight excluding hydrogens is 342 g/mol. The molecule has 1 aromatic carbocycles. The third-order valence-electron chi connectivity index (χ3n) is 1.76. The normalized spacial score (nSPS) is 9.45. The first-order valence-corrected chi connectivity index (χ1v) is 7.40. The smallest absolute Gasteiger partial charge is 0.397 e. The maximum Gasteiger partial charge on any atom is 0.397 e. The number of hydrogen-bond acceptors (Lipinski definition) is 9. The zero-order chi connectivity index (χ0) is 17.6. The molecule has 0 saturated heterocycles. The average Bonchev–Trinajstić information content (AvgIpc) is 2.45. The molecule has 0 aromatic heterocycles. The van der Waals surface area contributed by atoms with Crippen LogP contribution in [-0.2, 0) is 26.2 Å². The summed E-state index contributed by atoms with van der Waals surface area (Å²) in [7, 11) is -1.17. The number of rotatable bonds is 5. The van der Waals surface area contributed by atoms with Gasteiger partial charge in [-0.2, -0.15) is 16.8 Å². The number of nitrogens with two attached hydrogens (primary N) is 1. The maximum absolute atomic E-state index is 9.61. The van der Waals surface area contributed by atoms with Gasteiger partial charge in [-0.3, -0.25) is 4.55 Å². The van der Waals surface area contributed by atoms with E-state index in [4.69, 9.17) is 33.3 Å². The number of methoxy groups -OCH3 is 2. The van der Waals surface area contributed by atoms with Crippen molar-refractivity contribution in [1.29, 1.82) is 0 Å². The van der Waals surface area contributed by atoms with Crippen LogP contribution in [0.25, 0.3) is 0 Å². The molecule has 0 spiro atoms. The van der Waals surface area contributed by atoms with Crippen molar-refractivity contribution in [1.82, 2.24) is 0 Å². The summed E-state index contributed by atoms with van der Waals surface area (Å²) in [5.74, 6) is 1.41. The van der Waals surface area contributed by atoms with E-state index in [1.54, 1.807) is 32.4 Å². The lowest BCUT2D eigenvalue weighted by molar-refractivity contribution is 0.188. The summed E-state index contributed by atoms with van der Waals surface area (Å²) in [5, 5.41) is 7.93. The predicted molar refractivity (Wildman–Crippen MR) is 77.5 cm³/mol. The molecule has 0 amide bonds. The molecule has 10 nitrogen and oxygen atoms in total. The van der Waals surface area contributed by atoms with Crippen LogP contribution in [-0.4, -0.2) is 53.9 Å². The Hall–Kier alpha value is -1.73. The topological polar surface area (TPSA) is 162 Å².